The van der Waals surface area contributed by atoms with E-state index in [1.54, 1.807) is 36.7 Å². The maximum Gasteiger partial charge on any atom is 0.129 e. The molecule has 3 nitrogen and oxygen atoms in total. The predicted octanol–water partition coefficient (Wildman–Crippen LogP) is 3.69. The molecule has 0 amide bonds. The number of pyridine rings is 1. The summed E-state index contributed by atoms with van der Waals surface area (Å²) in [6.45, 7) is 7.17. The number of benzene rings is 1. The summed E-state index contributed by atoms with van der Waals surface area (Å²) >= 11 is 0. The minimum absolute atomic E-state index is 0.0125. The van der Waals surface area contributed by atoms with Crippen molar-refractivity contribution in [3.8, 4) is 5.75 Å². The van der Waals surface area contributed by atoms with Gasteiger partial charge in [-0.05, 0) is 32.9 Å². The van der Waals surface area contributed by atoms with Crippen LogP contribution >= 0.6 is 0 Å². The third-order valence-corrected chi connectivity index (χ3v) is 3.01. The first-order valence-corrected chi connectivity index (χ1v) is 7.00. The van der Waals surface area contributed by atoms with Gasteiger partial charge in [0, 0.05) is 35.6 Å². The highest BCUT2D eigenvalue weighted by Crippen LogP contribution is 2.19. The molecule has 0 atom stereocenters. The monoisotopic (exact) mass is 288 g/mol. The molecule has 0 spiro atoms. The smallest absolute Gasteiger partial charge is 0.129 e. The quantitative estimate of drug-likeness (QED) is 0.911. The zero-order chi connectivity index (χ0) is 15.3. The van der Waals surface area contributed by atoms with Crippen LogP contribution in [0.3, 0.4) is 0 Å². The van der Waals surface area contributed by atoms with E-state index in [0.717, 1.165) is 11.3 Å². The maximum absolute atomic E-state index is 13.6. The van der Waals surface area contributed by atoms with Crippen LogP contribution in [0.2, 0.25) is 0 Å². The second-order valence-electron chi connectivity index (χ2n) is 5.97. The van der Waals surface area contributed by atoms with Gasteiger partial charge in [-0.1, -0.05) is 18.2 Å². The molecule has 1 aromatic heterocycles. The zero-order valence-corrected chi connectivity index (χ0v) is 12.7. The Morgan fingerprint density at radius 1 is 1.14 bits per heavy atom. The lowest BCUT2D eigenvalue weighted by molar-refractivity contribution is 0.294. The van der Waals surface area contributed by atoms with E-state index in [1.807, 2.05) is 0 Å². The van der Waals surface area contributed by atoms with Crippen LogP contribution in [-0.2, 0) is 13.2 Å². The van der Waals surface area contributed by atoms with Crippen LogP contribution < -0.4 is 10.1 Å². The van der Waals surface area contributed by atoms with Gasteiger partial charge in [-0.3, -0.25) is 4.98 Å². The topological polar surface area (TPSA) is 34.2 Å². The van der Waals surface area contributed by atoms with Gasteiger partial charge in [-0.2, -0.15) is 0 Å². The Balaban J connectivity index is 2.05. The highest BCUT2D eigenvalue weighted by molar-refractivity contribution is 5.30. The van der Waals surface area contributed by atoms with E-state index in [1.165, 1.54) is 6.07 Å². The molecule has 0 saturated heterocycles. The van der Waals surface area contributed by atoms with E-state index in [2.05, 4.69) is 31.1 Å². The summed E-state index contributed by atoms with van der Waals surface area (Å²) in [4.78, 5) is 4.12. The fraction of sp³-hybridized carbons (Fsp3) is 0.353. The Bertz CT molecular complexity index is 593. The van der Waals surface area contributed by atoms with Crippen molar-refractivity contribution in [2.45, 2.75) is 39.5 Å². The van der Waals surface area contributed by atoms with Gasteiger partial charge in [-0.15, -0.1) is 0 Å². The molecule has 0 saturated carbocycles. The molecular weight excluding hydrogens is 267 g/mol. The minimum atomic E-state index is -0.249. The van der Waals surface area contributed by atoms with Gasteiger partial charge in [0.15, 0.2) is 0 Å². The Labute approximate surface area is 125 Å². The van der Waals surface area contributed by atoms with E-state index in [4.69, 9.17) is 4.74 Å². The van der Waals surface area contributed by atoms with Gasteiger partial charge in [0.2, 0.25) is 0 Å². The number of rotatable bonds is 5. The third-order valence-electron chi connectivity index (χ3n) is 3.01. The first kappa shape index (κ1) is 15.4. The molecule has 1 heterocycles. The van der Waals surface area contributed by atoms with Crippen LogP contribution in [0.1, 0.15) is 31.9 Å². The molecular formula is C17H21FN2O. The summed E-state index contributed by atoms with van der Waals surface area (Å²) in [6.07, 6.45) is 3.45. The first-order valence-electron chi connectivity index (χ1n) is 7.00. The highest BCUT2D eigenvalue weighted by Gasteiger charge is 2.11. The first-order chi connectivity index (χ1) is 9.96. The van der Waals surface area contributed by atoms with E-state index < -0.39 is 0 Å². The second kappa shape index (κ2) is 6.68. The fourth-order valence-corrected chi connectivity index (χ4v) is 1.82. The lowest BCUT2D eigenvalue weighted by Gasteiger charge is -2.21. The van der Waals surface area contributed by atoms with E-state index >= 15 is 0 Å². The average Bonchev–Trinajstić information content (AvgIpc) is 2.44. The largest absolute Gasteiger partial charge is 0.488 e. The van der Waals surface area contributed by atoms with Crippen molar-refractivity contribution in [3.05, 3.63) is 59.7 Å². The number of hydrogen-bond donors (Lipinski definition) is 1. The molecule has 1 aromatic carbocycles. The molecule has 4 heteroatoms. The molecule has 1 N–H and O–H groups in total. The number of ether oxygens (including phenoxy) is 1. The Hall–Kier alpha value is -1.94. The van der Waals surface area contributed by atoms with Crippen molar-refractivity contribution in [2.75, 3.05) is 0 Å². The summed E-state index contributed by atoms with van der Waals surface area (Å²) in [6, 6.07) is 8.44. The van der Waals surface area contributed by atoms with Gasteiger partial charge < -0.3 is 10.1 Å². The van der Waals surface area contributed by atoms with Gasteiger partial charge in [0.05, 0.1) is 0 Å². The van der Waals surface area contributed by atoms with Crippen molar-refractivity contribution in [1.29, 1.82) is 0 Å². The summed E-state index contributed by atoms with van der Waals surface area (Å²) in [5.41, 5.74) is 1.52. The van der Waals surface area contributed by atoms with Crippen LogP contribution in [0.15, 0.2) is 42.7 Å². The third kappa shape index (κ3) is 4.83. The number of aromatic nitrogens is 1. The van der Waals surface area contributed by atoms with Gasteiger partial charge >= 0.3 is 0 Å². The number of nitrogens with zero attached hydrogens (tertiary/aromatic N) is 1. The summed E-state index contributed by atoms with van der Waals surface area (Å²) < 4.78 is 19.3. The average molecular weight is 288 g/mol. The molecule has 0 radical (unpaired) electrons. The van der Waals surface area contributed by atoms with Crippen LogP contribution in [0.25, 0.3) is 0 Å². The number of nitrogens with one attached hydrogen (secondary N) is 1. The lowest BCUT2D eigenvalue weighted by atomic mass is 10.1. The SMILES string of the molecule is CC(C)(C)NCc1cnccc1OCc1ccccc1F. The fourth-order valence-electron chi connectivity index (χ4n) is 1.82. The zero-order valence-electron chi connectivity index (χ0n) is 12.7. The Morgan fingerprint density at radius 2 is 1.90 bits per heavy atom. The van der Waals surface area contributed by atoms with Crippen molar-refractivity contribution in [1.82, 2.24) is 10.3 Å². The summed E-state index contributed by atoms with van der Waals surface area (Å²) in [5.74, 6) is 0.478. The molecule has 0 aliphatic rings. The molecule has 0 aliphatic carbocycles. The van der Waals surface area contributed by atoms with Gasteiger partial charge in [0.1, 0.15) is 18.2 Å². The Morgan fingerprint density at radius 3 is 2.62 bits per heavy atom. The summed E-state index contributed by atoms with van der Waals surface area (Å²) in [7, 11) is 0. The van der Waals surface area contributed by atoms with Crippen molar-refractivity contribution < 1.29 is 9.13 Å². The van der Waals surface area contributed by atoms with Gasteiger partial charge in [-0.25, -0.2) is 4.39 Å². The molecule has 2 rings (SSSR count). The van der Waals surface area contributed by atoms with E-state index in [9.17, 15) is 4.39 Å². The highest BCUT2D eigenvalue weighted by atomic mass is 19.1. The molecule has 0 unspecified atom stereocenters. The lowest BCUT2D eigenvalue weighted by Crippen LogP contribution is -2.35. The normalized spacial score (nSPS) is 11.4. The van der Waals surface area contributed by atoms with Crippen LogP contribution in [0.4, 0.5) is 4.39 Å². The predicted molar refractivity (Wildman–Crippen MR) is 81.6 cm³/mol. The Kier molecular flexibility index (Phi) is 4.91. The van der Waals surface area contributed by atoms with Gasteiger partial charge in [0.25, 0.3) is 0 Å². The van der Waals surface area contributed by atoms with E-state index in [0.29, 0.717) is 12.1 Å². The van der Waals surface area contributed by atoms with Crippen LogP contribution in [0.5, 0.6) is 5.75 Å². The summed E-state index contributed by atoms with van der Waals surface area (Å²) in [5, 5.41) is 3.39. The van der Waals surface area contributed by atoms with Crippen molar-refractivity contribution in [3.63, 3.8) is 0 Å². The van der Waals surface area contributed by atoms with Crippen molar-refractivity contribution >= 4 is 0 Å². The van der Waals surface area contributed by atoms with Crippen LogP contribution in [-0.4, -0.2) is 10.5 Å². The molecule has 0 bridgehead atoms. The number of halogens is 1. The standard InChI is InChI=1S/C17H21FN2O/c1-17(2,3)20-11-14-10-19-9-8-16(14)21-12-13-6-4-5-7-15(13)18/h4-10,20H,11-12H2,1-3H3. The molecule has 2 aromatic rings. The number of hydrogen-bond acceptors (Lipinski definition) is 3. The minimum Gasteiger partial charge on any atom is -0.488 e. The molecule has 112 valence electrons. The molecule has 0 aliphatic heterocycles. The van der Waals surface area contributed by atoms with E-state index in [-0.39, 0.29) is 18.0 Å². The van der Waals surface area contributed by atoms with Crippen LogP contribution in [0, 0.1) is 5.82 Å². The second-order valence-corrected chi connectivity index (χ2v) is 5.97. The molecule has 0 fully saturated rings. The maximum atomic E-state index is 13.6. The molecule has 21 heavy (non-hydrogen) atoms. The van der Waals surface area contributed by atoms with Crippen molar-refractivity contribution in [2.24, 2.45) is 0 Å².